The lowest BCUT2D eigenvalue weighted by molar-refractivity contribution is -0.0533. The molecule has 0 bridgehead atoms. The summed E-state index contributed by atoms with van der Waals surface area (Å²) in [7, 11) is 0. The molecule has 1 N–H and O–H groups in total. The molecule has 0 aliphatic carbocycles. The lowest BCUT2D eigenvalue weighted by Gasteiger charge is -2.22. The first-order valence-electron chi connectivity index (χ1n) is 5.45. The Bertz CT molecular complexity index is 269. The van der Waals surface area contributed by atoms with Crippen LogP contribution in [0.1, 0.15) is 26.3 Å². The van der Waals surface area contributed by atoms with Crippen LogP contribution in [0.5, 0.6) is 0 Å². The maximum absolute atomic E-state index is 9.75. The van der Waals surface area contributed by atoms with Gasteiger partial charge >= 0.3 is 0 Å². The van der Waals surface area contributed by atoms with Gasteiger partial charge in [0.25, 0.3) is 0 Å². The van der Waals surface area contributed by atoms with Gasteiger partial charge in [0.2, 0.25) is 0 Å². The Balaban J connectivity index is 2.37. The molecule has 2 heteroatoms. The smallest absolute Gasteiger partial charge is 0.0822 e. The summed E-state index contributed by atoms with van der Waals surface area (Å²) < 4.78 is 5.60. The molecule has 0 aliphatic heterocycles. The number of aliphatic hydroxyl groups is 1. The molecule has 0 saturated heterocycles. The van der Waals surface area contributed by atoms with Crippen LogP contribution in [0.15, 0.2) is 30.3 Å². The minimum absolute atomic E-state index is 0.120. The van der Waals surface area contributed by atoms with Crippen LogP contribution in [0.25, 0.3) is 0 Å². The molecule has 0 amide bonds. The SMILES string of the molecule is CC(C)C(O)C(C)OCc1ccccc1. The molecular formula is C13H20O2. The van der Waals surface area contributed by atoms with Gasteiger partial charge in [-0.1, -0.05) is 44.2 Å². The largest absolute Gasteiger partial charge is 0.390 e. The number of hydrogen-bond acceptors (Lipinski definition) is 2. The van der Waals surface area contributed by atoms with E-state index in [0.29, 0.717) is 6.61 Å². The molecule has 0 aliphatic rings. The fraction of sp³-hybridized carbons (Fsp3) is 0.538. The zero-order valence-electron chi connectivity index (χ0n) is 9.68. The van der Waals surface area contributed by atoms with E-state index in [1.165, 1.54) is 0 Å². The number of benzene rings is 1. The molecule has 1 aromatic carbocycles. The van der Waals surface area contributed by atoms with E-state index in [9.17, 15) is 5.11 Å². The van der Waals surface area contributed by atoms with Gasteiger partial charge in [0.15, 0.2) is 0 Å². The van der Waals surface area contributed by atoms with Gasteiger partial charge < -0.3 is 9.84 Å². The highest BCUT2D eigenvalue weighted by Crippen LogP contribution is 2.11. The van der Waals surface area contributed by atoms with Gasteiger partial charge in [0, 0.05) is 0 Å². The molecule has 1 rings (SSSR count). The van der Waals surface area contributed by atoms with Crippen molar-refractivity contribution < 1.29 is 9.84 Å². The van der Waals surface area contributed by atoms with Gasteiger partial charge in [0.05, 0.1) is 18.8 Å². The Morgan fingerprint density at radius 2 is 1.73 bits per heavy atom. The molecule has 0 radical (unpaired) electrons. The summed E-state index contributed by atoms with van der Waals surface area (Å²) in [6, 6.07) is 10.0. The maximum Gasteiger partial charge on any atom is 0.0822 e. The molecule has 2 nitrogen and oxygen atoms in total. The Kier molecular flexibility index (Phi) is 4.79. The van der Waals surface area contributed by atoms with Crippen molar-refractivity contribution in [1.82, 2.24) is 0 Å². The third-order valence-electron chi connectivity index (χ3n) is 2.52. The van der Waals surface area contributed by atoms with Crippen molar-refractivity contribution in [3.63, 3.8) is 0 Å². The number of rotatable bonds is 5. The van der Waals surface area contributed by atoms with Gasteiger partial charge in [-0.3, -0.25) is 0 Å². The highest BCUT2D eigenvalue weighted by atomic mass is 16.5. The topological polar surface area (TPSA) is 29.5 Å². The van der Waals surface area contributed by atoms with Crippen LogP contribution in [-0.2, 0) is 11.3 Å². The second-order valence-electron chi connectivity index (χ2n) is 4.24. The van der Waals surface area contributed by atoms with Crippen LogP contribution in [0.2, 0.25) is 0 Å². The molecule has 2 unspecified atom stereocenters. The summed E-state index contributed by atoms with van der Waals surface area (Å²) in [5.74, 6) is 0.232. The average Bonchev–Trinajstić information content (AvgIpc) is 2.26. The predicted octanol–water partition coefficient (Wildman–Crippen LogP) is 2.61. The quantitative estimate of drug-likeness (QED) is 0.806. The first kappa shape index (κ1) is 12.2. The summed E-state index contributed by atoms with van der Waals surface area (Å²) >= 11 is 0. The van der Waals surface area contributed by atoms with Crippen molar-refractivity contribution in [2.75, 3.05) is 0 Å². The monoisotopic (exact) mass is 208 g/mol. The third-order valence-corrected chi connectivity index (χ3v) is 2.52. The van der Waals surface area contributed by atoms with E-state index >= 15 is 0 Å². The van der Waals surface area contributed by atoms with Crippen molar-refractivity contribution >= 4 is 0 Å². The summed E-state index contributed by atoms with van der Waals surface area (Å²) in [5, 5.41) is 9.75. The molecule has 84 valence electrons. The van der Waals surface area contributed by atoms with E-state index in [-0.39, 0.29) is 12.0 Å². The third kappa shape index (κ3) is 4.02. The standard InChI is InChI=1S/C13H20O2/c1-10(2)13(14)11(3)15-9-12-7-5-4-6-8-12/h4-8,10-11,13-14H,9H2,1-3H3. The van der Waals surface area contributed by atoms with Gasteiger partial charge in [0.1, 0.15) is 0 Å². The van der Waals surface area contributed by atoms with Crippen LogP contribution in [0.3, 0.4) is 0 Å². The van der Waals surface area contributed by atoms with Crippen LogP contribution < -0.4 is 0 Å². The van der Waals surface area contributed by atoms with Crippen molar-refractivity contribution in [2.24, 2.45) is 5.92 Å². The first-order valence-corrected chi connectivity index (χ1v) is 5.45. The fourth-order valence-corrected chi connectivity index (χ4v) is 1.44. The second-order valence-corrected chi connectivity index (χ2v) is 4.24. The van der Waals surface area contributed by atoms with Crippen LogP contribution in [0.4, 0.5) is 0 Å². The Morgan fingerprint density at radius 1 is 1.13 bits per heavy atom. The maximum atomic E-state index is 9.75. The number of hydrogen-bond donors (Lipinski definition) is 1. The molecule has 0 aromatic heterocycles. The highest BCUT2D eigenvalue weighted by Gasteiger charge is 2.17. The van der Waals surface area contributed by atoms with Gasteiger partial charge in [-0.25, -0.2) is 0 Å². The fourth-order valence-electron chi connectivity index (χ4n) is 1.44. The summed E-state index contributed by atoms with van der Waals surface area (Å²) in [6.07, 6.45) is -0.515. The molecule has 0 heterocycles. The van der Waals surface area contributed by atoms with Crippen molar-refractivity contribution in [1.29, 1.82) is 0 Å². The van der Waals surface area contributed by atoms with E-state index in [1.807, 2.05) is 51.1 Å². The Morgan fingerprint density at radius 3 is 2.27 bits per heavy atom. The van der Waals surface area contributed by atoms with E-state index in [4.69, 9.17) is 4.74 Å². The molecular weight excluding hydrogens is 188 g/mol. The van der Waals surface area contributed by atoms with Crippen molar-refractivity contribution in [3.05, 3.63) is 35.9 Å². The zero-order chi connectivity index (χ0) is 11.3. The minimum atomic E-state index is -0.395. The van der Waals surface area contributed by atoms with Crippen molar-refractivity contribution in [2.45, 2.75) is 39.6 Å². The lowest BCUT2D eigenvalue weighted by atomic mass is 10.0. The van der Waals surface area contributed by atoms with Gasteiger partial charge in [-0.05, 0) is 18.4 Å². The summed E-state index contributed by atoms with van der Waals surface area (Å²) in [6.45, 7) is 6.46. The minimum Gasteiger partial charge on any atom is -0.390 e. The predicted molar refractivity (Wildman–Crippen MR) is 61.5 cm³/mol. The zero-order valence-corrected chi connectivity index (χ0v) is 9.68. The van der Waals surface area contributed by atoms with Crippen LogP contribution in [0, 0.1) is 5.92 Å². The molecule has 1 aromatic rings. The van der Waals surface area contributed by atoms with E-state index < -0.39 is 6.10 Å². The van der Waals surface area contributed by atoms with Crippen LogP contribution >= 0.6 is 0 Å². The first-order chi connectivity index (χ1) is 7.11. The number of aliphatic hydroxyl groups excluding tert-OH is 1. The van der Waals surface area contributed by atoms with Crippen molar-refractivity contribution in [3.8, 4) is 0 Å². The lowest BCUT2D eigenvalue weighted by Crippen LogP contribution is -2.30. The van der Waals surface area contributed by atoms with E-state index in [0.717, 1.165) is 5.56 Å². The molecule has 15 heavy (non-hydrogen) atoms. The summed E-state index contributed by atoms with van der Waals surface area (Å²) in [4.78, 5) is 0. The summed E-state index contributed by atoms with van der Waals surface area (Å²) in [5.41, 5.74) is 1.14. The van der Waals surface area contributed by atoms with E-state index in [2.05, 4.69) is 0 Å². The molecule has 2 atom stereocenters. The normalized spacial score (nSPS) is 15.3. The molecule has 0 saturated carbocycles. The Hall–Kier alpha value is -0.860. The van der Waals surface area contributed by atoms with Gasteiger partial charge in [-0.15, -0.1) is 0 Å². The van der Waals surface area contributed by atoms with Crippen LogP contribution in [-0.4, -0.2) is 17.3 Å². The van der Waals surface area contributed by atoms with Gasteiger partial charge in [-0.2, -0.15) is 0 Å². The Labute approximate surface area is 91.9 Å². The van der Waals surface area contributed by atoms with E-state index in [1.54, 1.807) is 0 Å². The average molecular weight is 208 g/mol. The second kappa shape index (κ2) is 5.89. The molecule has 0 fully saturated rings. The number of ether oxygens (including phenoxy) is 1. The highest BCUT2D eigenvalue weighted by molar-refractivity contribution is 5.13. The molecule has 0 spiro atoms.